The van der Waals surface area contributed by atoms with Crippen LogP contribution in [0.5, 0.6) is 0 Å². The number of nitriles is 1. The monoisotopic (exact) mass is 308 g/mol. The normalized spacial score (nSPS) is 15.0. The molecule has 1 N–H and O–H groups in total. The van der Waals surface area contributed by atoms with E-state index in [9.17, 15) is 14.4 Å². The number of carbonyl (C=O) groups excluding carboxylic acids is 3. The molecule has 8 nitrogen and oxygen atoms in total. The molecule has 0 saturated carbocycles. The van der Waals surface area contributed by atoms with Crippen LogP contribution in [0.15, 0.2) is 11.8 Å². The van der Waals surface area contributed by atoms with Crippen LogP contribution in [-0.4, -0.2) is 67.4 Å². The van der Waals surface area contributed by atoms with Crippen molar-refractivity contribution >= 4 is 17.8 Å². The Balaban J connectivity index is 2.49. The number of piperazine rings is 1. The van der Waals surface area contributed by atoms with E-state index in [1.807, 2.05) is 6.07 Å². The van der Waals surface area contributed by atoms with Crippen LogP contribution in [0.2, 0.25) is 0 Å². The molecule has 0 aromatic heterocycles. The van der Waals surface area contributed by atoms with Crippen molar-refractivity contribution in [2.75, 3.05) is 39.8 Å². The van der Waals surface area contributed by atoms with E-state index in [0.29, 0.717) is 26.2 Å². The third-order valence-electron chi connectivity index (χ3n) is 3.31. The number of amides is 2. The van der Waals surface area contributed by atoms with Crippen LogP contribution in [0.1, 0.15) is 13.3 Å². The molecule has 1 saturated heterocycles. The largest absolute Gasteiger partial charge is 0.469 e. The second-order valence-electron chi connectivity index (χ2n) is 4.75. The van der Waals surface area contributed by atoms with Gasteiger partial charge in [0.15, 0.2) is 0 Å². The van der Waals surface area contributed by atoms with Crippen molar-refractivity contribution in [3.05, 3.63) is 11.8 Å². The third kappa shape index (κ3) is 5.09. The van der Waals surface area contributed by atoms with Crippen LogP contribution >= 0.6 is 0 Å². The predicted molar refractivity (Wildman–Crippen MR) is 77.2 cm³/mol. The molecular weight excluding hydrogens is 288 g/mol. The Morgan fingerprint density at radius 1 is 1.23 bits per heavy atom. The van der Waals surface area contributed by atoms with Crippen LogP contribution in [-0.2, 0) is 19.1 Å². The van der Waals surface area contributed by atoms with Gasteiger partial charge in [-0.3, -0.25) is 14.4 Å². The quantitative estimate of drug-likeness (QED) is 0.310. The highest BCUT2D eigenvalue weighted by Crippen LogP contribution is 2.06. The first-order valence-electron chi connectivity index (χ1n) is 6.94. The van der Waals surface area contributed by atoms with Crippen LogP contribution in [0.25, 0.3) is 0 Å². The molecule has 0 spiro atoms. The lowest BCUT2D eigenvalue weighted by Crippen LogP contribution is -2.50. The first-order valence-corrected chi connectivity index (χ1v) is 6.94. The molecule has 22 heavy (non-hydrogen) atoms. The van der Waals surface area contributed by atoms with Crippen molar-refractivity contribution in [1.29, 1.82) is 5.26 Å². The molecular formula is C14H20N4O4. The molecule has 1 fully saturated rings. The van der Waals surface area contributed by atoms with E-state index in [1.54, 1.807) is 4.90 Å². The maximum atomic E-state index is 12.2. The summed E-state index contributed by atoms with van der Waals surface area (Å²) >= 11 is 0. The van der Waals surface area contributed by atoms with Crippen molar-refractivity contribution in [2.24, 2.45) is 0 Å². The van der Waals surface area contributed by atoms with Crippen molar-refractivity contribution in [3.8, 4) is 6.07 Å². The Labute approximate surface area is 129 Å². The van der Waals surface area contributed by atoms with Gasteiger partial charge in [-0.2, -0.15) is 5.26 Å². The van der Waals surface area contributed by atoms with E-state index >= 15 is 0 Å². The van der Waals surface area contributed by atoms with E-state index < -0.39 is 0 Å². The number of nitrogens with zero attached hydrogens (tertiary/aromatic N) is 3. The maximum absolute atomic E-state index is 12.2. The van der Waals surface area contributed by atoms with Gasteiger partial charge in [0, 0.05) is 45.8 Å². The Morgan fingerprint density at radius 2 is 1.82 bits per heavy atom. The molecule has 120 valence electrons. The van der Waals surface area contributed by atoms with E-state index in [-0.39, 0.29) is 36.3 Å². The van der Waals surface area contributed by atoms with Gasteiger partial charge in [0.1, 0.15) is 11.6 Å². The number of hydrogen-bond donors (Lipinski definition) is 1. The van der Waals surface area contributed by atoms with Crippen molar-refractivity contribution in [3.63, 3.8) is 0 Å². The highest BCUT2D eigenvalue weighted by Gasteiger charge is 2.24. The highest BCUT2D eigenvalue weighted by atomic mass is 16.5. The average molecular weight is 308 g/mol. The average Bonchev–Trinajstić information content (AvgIpc) is 2.54. The van der Waals surface area contributed by atoms with Crippen LogP contribution < -0.4 is 5.32 Å². The summed E-state index contributed by atoms with van der Waals surface area (Å²) in [5.74, 6) is -0.769. The first kappa shape index (κ1) is 17.5. The lowest BCUT2D eigenvalue weighted by molar-refractivity contribution is -0.140. The smallest absolute Gasteiger partial charge is 0.307 e. The van der Waals surface area contributed by atoms with E-state index in [4.69, 9.17) is 5.26 Å². The molecule has 1 aliphatic rings. The van der Waals surface area contributed by atoms with Gasteiger partial charge in [0.25, 0.3) is 5.91 Å². The fourth-order valence-corrected chi connectivity index (χ4v) is 1.99. The zero-order valence-electron chi connectivity index (χ0n) is 12.8. The Kier molecular flexibility index (Phi) is 6.89. The summed E-state index contributed by atoms with van der Waals surface area (Å²) in [6, 6.07) is 1.85. The maximum Gasteiger partial charge on any atom is 0.307 e. The van der Waals surface area contributed by atoms with Gasteiger partial charge in [-0.15, -0.1) is 0 Å². The minimum absolute atomic E-state index is 0.0207. The number of carbonyl (C=O) groups is 3. The molecule has 2 amide bonds. The Morgan fingerprint density at radius 3 is 2.32 bits per heavy atom. The molecule has 1 rings (SSSR count). The van der Waals surface area contributed by atoms with Crippen LogP contribution in [0.3, 0.4) is 0 Å². The Bertz CT molecular complexity index is 501. The number of ether oxygens (including phenoxy) is 1. The van der Waals surface area contributed by atoms with Gasteiger partial charge in [-0.05, 0) is 0 Å². The predicted octanol–water partition coefficient (Wildman–Crippen LogP) is -0.763. The molecule has 8 heteroatoms. The second kappa shape index (κ2) is 8.67. The van der Waals surface area contributed by atoms with Crippen molar-refractivity contribution in [2.45, 2.75) is 13.3 Å². The summed E-state index contributed by atoms with van der Waals surface area (Å²) in [6.07, 6.45) is 1.46. The second-order valence-corrected chi connectivity index (χ2v) is 4.75. The molecule has 1 aliphatic heterocycles. The van der Waals surface area contributed by atoms with E-state index in [2.05, 4.69) is 10.1 Å². The molecule has 0 bridgehead atoms. The van der Waals surface area contributed by atoms with Gasteiger partial charge >= 0.3 is 5.97 Å². The summed E-state index contributed by atoms with van der Waals surface area (Å²) < 4.78 is 4.48. The fourth-order valence-electron chi connectivity index (χ4n) is 1.99. The molecule has 0 radical (unpaired) electrons. The lowest BCUT2D eigenvalue weighted by Gasteiger charge is -2.34. The molecule has 0 unspecified atom stereocenters. The van der Waals surface area contributed by atoms with Crippen LogP contribution in [0, 0.1) is 11.3 Å². The van der Waals surface area contributed by atoms with Crippen molar-refractivity contribution < 1.29 is 19.1 Å². The molecule has 0 aromatic rings. The zero-order valence-corrected chi connectivity index (χ0v) is 12.8. The van der Waals surface area contributed by atoms with Gasteiger partial charge < -0.3 is 19.9 Å². The minimum Gasteiger partial charge on any atom is -0.469 e. The third-order valence-corrected chi connectivity index (χ3v) is 3.31. The Hall–Kier alpha value is -2.56. The molecule has 0 aliphatic carbocycles. The standard InChI is InChI=1S/C14H20N4O4/c1-11(19)17-5-7-18(8-6-17)14(21)12(9-15)10-16-4-3-13(20)22-2/h10,16H,3-8H2,1-2H3/b12-10-. The number of esters is 1. The van der Waals surface area contributed by atoms with E-state index in [0.717, 1.165) is 0 Å². The van der Waals surface area contributed by atoms with E-state index in [1.165, 1.54) is 25.1 Å². The zero-order chi connectivity index (χ0) is 16.5. The fraction of sp³-hybridized carbons (Fsp3) is 0.571. The summed E-state index contributed by atoms with van der Waals surface area (Å²) in [5.41, 5.74) is -0.0267. The number of rotatable bonds is 5. The van der Waals surface area contributed by atoms with Crippen LogP contribution in [0.4, 0.5) is 0 Å². The van der Waals surface area contributed by atoms with Gasteiger partial charge in [-0.25, -0.2) is 0 Å². The molecule has 1 heterocycles. The summed E-state index contributed by atoms with van der Waals surface area (Å²) in [4.78, 5) is 37.6. The number of nitrogens with one attached hydrogen (secondary N) is 1. The summed E-state index contributed by atoms with van der Waals surface area (Å²) in [5, 5.41) is 11.8. The topological polar surface area (TPSA) is 103 Å². The molecule has 0 aromatic carbocycles. The SMILES string of the molecule is COC(=O)CCN/C=C(/C#N)C(=O)N1CCN(C(C)=O)CC1. The first-order chi connectivity index (χ1) is 10.5. The number of methoxy groups -OCH3 is 1. The summed E-state index contributed by atoms with van der Waals surface area (Å²) in [6.45, 7) is 3.51. The summed E-state index contributed by atoms with van der Waals surface area (Å²) in [7, 11) is 1.29. The van der Waals surface area contributed by atoms with Gasteiger partial charge in [0.2, 0.25) is 5.91 Å². The van der Waals surface area contributed by atoms with Gasteiger partial charge in [0.05, 0.1) is 13.5 Å². The molecule has 0 atom stereocenters. The van der Waals surface area contributed by atoms with Crippen molar-refractivity contribution in [1.82, 2.24) is 15.1 Å². The highest BCUT2D eigenvalue weighted by molar-refractivity contribution is 5.97. The van der Waals surface area contributed by atoms with Gasteiger partial charge in [-0.1, -0.05) is 0 Å². The minimum atomic E-state index is -0.378. The lowest BCUT2D eigenvalue weighted by atomic mass is 10.2. The number of hydrogen-bond acceptors (Lipinski definition) is 6.